The average molecular weight is 410 g/mol. The minimum atomic E-state index is -0.379. The van der Waals surface area contributed by atoms with Gasteiger partial charge in [0, 0.05) is 25.6 Å². The van der Waals surface area contributed by atoms with Gasteiger partial charge in [-0.25, -0.2) is 0 Å². The normalized spacial score (nSPS) is 10.7. The van der Waals surface area contributed by atoms with E-state index in [2.05, 4.69) is 27.6 Å². The van der Waals surface area contributed by atoms with Crippen molar-refractivity contribution in [1.29, 1.82) is 0 Å². The Hall–Kier alpha value is -3.13. The molecule has 0 saturated carbocycles. The third-order valence-electron chi connectivity index (χ3n) is 4.38. The summed E-state index contributed by atoms with van der Waals surface area (Å²) in [5.74, 6) is 0.384. The van der Waals surface area contributed by atoms with Gasteiger partial charge in [-0.3, -0.25) is 9.59 Å². The van der Waals surface area contributed by atoms with Crippen molar-refractivity contribution in [2.45, 2.75) is 24.4 Å². The second kappa shape index (κ2) is 9.88. The van der Waals surface area contributed by atoms with Crippen molar-refractivity contribution < 1.29 is 9.59 Å². The molecule has 1 aromatic heterocycles. The summed E-state index contributed by atoms with van der Waals surface area (Å²) in [5, 5.41) is 11.8. The second-order valence-electron chi connectivity index (χ2n) is 6.58. The summed E-state index contributed by atoms with van der Waals surface area (Å²) in [6, 6.07) is 17.9. The summed E-state index contributed by atoms with van der Waals surface area (Å²) < 4.78 is 1.78. The second-order valence-corrected chi connectivity index (χ2v) is 7.52. The molecular weight excluding hydrogens is 386 g/mol. The molecule has 2 aromatic carbocycles. The Bertz CT molecular complexity index is 988. The van der Waals surface area contributed by atoms with Gasteiger partial charge in [0.25, 0.3) is 0 Å². The predicted octanol–water partition coefficient (Wildman–Crippen LogP) is 2.55. The number of nitrogens with one attached hydrogen (secondary N) is 1. The van der Waals surface area contributed by atoms with E-state index < -0.39 is 0 Å². The van der Waals surface area contributed by atoms with Crippen LogP contribution in [0.3, 0.4) is 0 Å². The summed E-state index contributed by atoms with van der Waals surface area (Å²) in [7, 11) is 1.81. The van der Waals surface area contributed by atoms with E-state index in [4.69, 9.17) is 5.73 Å². The molecule has 0 aliphatic rings. The van der Waals surface area contributed by atoms with E-state index >= 15 is 0 Å². The lowest BCUT2D eigenvalue weighted by molar-refractivity contribution is -0.118. The zero-order valence-corrected chi connectivity index (χ0v) is 17.0. The number of amides is 2. The minimum absolute atomic E-state index is 0.114. The van der Waals surface area contributed by atoms with Crippen LogP contribution in [0.4, 0.5) is 5.69 Å². The smallest absolute Gasteiger partial charge is 0.234 e. The van der Waals surface area contributed by atoms with Crippen LogP contribution in [0.25, 0.3) is 0 Å². The van der Waals surface area contributed by atoms with Crippen molar-refractivity contribution in [2.24, 2.45) is 12.8 Å². The van der Waals surface area contributed by atoms with Crippen LogP contribution < -0.4 is 11.1 Å². The number of thioether (sulfide) groups is 1. The molecule has 3 rings (SSSR count). The van der Waals surface area contributed by atoms with E-state index in [9.17, 15) is 9.59 Å². The lowest BCUT2D eigenvalue weighted by atomic mass is 10.0. The predicted molar refractivity (Wildman–Crippen MR) is 114 cm³/mol. The van der Waals surface area contributed by atoms with Crippen molar-refractivity contribution in [3.8, 4) is 0 Å². The number of aromatic nitrogens is 3. The lowest BCUT2D eigenvalue weighted by Gasteiger charge is -2.11. The molecule has 2 amide bonds. The Morgan fingerprint density at radius 1 is 1.07 bits per heavy atom. The van der Waals surface area contributed by atoms with Crippen molar-refractivity contribution in [3.05, 3.63) is 71.5 Å². The van der Waals surface area contributed by atoms with Crippen LogP contribution in [0.15, 0.2) is 59.8 Å². The van der Waals surface area contributed by atoms with Gasteiger partial charge in [0.2, 0.25) is 11.8 Å². The molecule has 150 valence electrons. The summed E-state index contributed by atoms with van der Waals surface area (Å²) in [5.41, 5.74) is 8.23. The van der Waals surface area contributed by atoms with E-state index in [1.54, 1.807) is 4.57 Å². The number of carbonyl (C=O) groups excluding carboxylic acids is 2. The van der Waals surface area contributed by atoms with Gasteiger partial charge in [-0.1, -0.05) is 60.3 Å². The zero-order chi connectivity index (χ0) is 20.6. The number of anilines is 1. The SMILES string of the molecule is Cn1c(CCC(N)=O)nnc1SCC(=O)Nc1ccccc1Cc1ccccc1. The van der Waals surface area contributed by atoms with Crippen LogP contribution in [0.5, 0.6) is 0 Å². The first kappa shape index (κ1) is 20.6. The third kappa shape index (κ3) is 5.92. The van der Waals surface area contributed by atoms with Gasteiger partial charge in [-0.05, 0) is 23.6 Å². The third-order valence-corrected chi connectivity index (χ3v) is 5.40. The van der Waals surface area contributed by atoms with E-state index in [1.165, 1.54) is 17.3 Å². The van der Waals surface area contributed by atoms with Crippen molar-refractivity contribution >= 4 is 29.3 Å². The van der Waals surface area contributed by atoms with Gasteiger partial charge >= 0.3 is 0 Å². The largest absolute Gasteiger partial charge is 0.370 e. The summed E-state index contributed by atoms with van der Waals surface area (Å²) in [4.78, 5) is 23.4. The number of primary amides is 1. The van der Waals surface area contributed by atoms with Gasteiger partial charge in [0.1, 0.15) is 5.82 Å². The fraction of sp³-hybridized carbons (Fsp3) is 0.238. The maximum atomic E-state index is 12.5. The standard InChI is InChI=1S/C21H23N5O2S/c1-26-19(12-11-18(22)27)24-25-21(26)29-14-20(28)23-17-10-6-5-9-16(17)13-15-7-3-2-4-8-15/h2-10H,11-14H2,1H3,(H2,22,27)(H,23,28). The first-order valence-corrected chi connectivity index (χ1v) is 10.2. The minimum Gasteiger partial charge on any atom is -0.370 e. The van der Waals surface area contributed by atoms with E-state index in [-0.39, 0.29) is 24.0 Å². The number of nitrogens with two attached hydrogens (primary N) is 1. The van der Waals surface area contributed by atoms with Crippen LogP contribution in [-0.4, -0.2) is 32.3 Å². The fourth-order valence-electron chi connectivity index (χ4n) is 2.85. The zero-order valence-electron chi connectivity index (χ0n) is 16.2. The number of benzene rings is 2. The highest BCUT2D eigenvalue weighted by atomic mass is 32.2. The van der Waals surface area contributed by atoms with Gasteiger partial charge in [-0.2, -0.15) is 0 Å². The Kier molecular flexibility index (Phi) is 7.02. The molecule has 0 aliphatic carbocycles. The summed E-state index contributed by atoms with van der Waals surface area (Å²) >= 11 is 1.30. The molecule has 3 aromatic rings. The highest BCUT2D eigenvalue weighted by molar-refractivity contribution is 7.99. The Labute approximate surface area is 173 Å². The number of aryl methyl sites for hydroxylation is 1. The van der Waals surface area contributed by atoms with Gasteiger partial charge in [0.05, 0.1) is 5.75 Å². The van der Waals surface area contributed by atoms with E-state index in [0.29, 0.717) is 17.4 Å². The number of carbonyl (C=O) groups is 2. The molecule has 8 heteroatoms. The maximum absolute atomic E-state index is 12.5. The first-order valence-electron chi connectivity index (χ1n) is 9.24. The molecule has 0 spiro atoms. The molecule has 0 radical (unpaired) electrons. The quantitative estimate of drug-likeness (QED) is 0.529. The van der Waals surface area contributed by atoms with Crippen LogP contribution in [0, 0.1) is 0 Å². The van der Waals surface area contributed by atoms with Crippen molar-refractivity contribution in [2.75, 3.05) is 11.1 Å². The van der Waals surface area contributed by atoms with Gasteiger partial charge < -0.3 is 15.6 Å². The number of hydrogen-bond donors (Lipinski definition) is 2. The highest BCUT2D eigenvalue weighted by Crippen LogP contribution is 2.21. The van der Waals surface area contributed by atoms with Gasteiger partial charge in [-0.15, -0.1) is 10.2 Å². The average Bonchev–Trinajstić information content (AvgIpc) is 3.06. The van der Waals surface area contributed by atoms with Gasteiger partial charge in [0.15, 0.2) is 5.16 Å². The van der Waals surface area contributed by atoms with Crippen molar-refractivity contribution in [1.82, 2.24) is 14.8 Å². The Morgan fingerprint density at radius 2 is 1.79 bits per heavy atom. The first-order chi connectivity index (χ1) is 14.0. The van der Waals surface area contributed by atoms with Crippen LogP contribution >= 0.6 is 11.8 Å². The molecule has 3 N–H and O–H groups in total. The summed E-state index contributed by atoms with van der Waals surface area (Å²) in [6.45, 7) is 0. The molecule has 0 fully saturated rings. The molecule has 0 saturated heterocycles. The number of para-hydroxylation sites is 1. The molecule has 0 bridgehead atoms. The number of hydrogen-bond acceptors (Lipinski definition) is 5. The number of rotatable bonds is 9. The topological polar surface area (TPSA) is 103 Å². The van der Waals surface area contributed by atoms with Crippen molar-refractivity contribution in [3.63, 3.8) is 0 Å². The highest BCUT2D eigenvalue weighted by Gasteiger charge is 2.13. The van der Waals surface area contributed by atoms with Crippen LogP contribution in [0.1, 0.15) is 23.4 Å². The molecule has 7 nitrogen and oxygen atoms in total. The molecule has 29 heavy (non-hydrogen) atoms. The monoisotopic (exact) mass is 409 g/mol. The molecule has 0 unspecified atom stereocenters. The van der Waals surface area contributed by atoms with Crippen LogP contribution in [-0.2, 0) is 29.5 Å². The van der Waals surface area contributed by atoms with E-state index in [0.717, 1.165) is 17.7 Å². The molecule has 1 heterocycles. The molecule has 0 atom stereocenters. The number of nitrogens with zero attached hydrogens (tertiary/aromatic N) is 3. The Balaban J connectivity index is 1.58. The maximum Gasteiger partial charge on any atom is 0.234 e. The fourth-order valence-corrected chi connectivity index (χ4v) is 3.58. The summed E-state index contributed by atoms with van der Waals surface area (Å²) in [6.07, 6.45) is 1.39. The molecular formula is C21H23N5O2S. The molecule has 0 aliphatic heterocycles. The lowest BCUT2D eigenvalue weighted by Crippen LogP contribution is -2.16. The Morgan fingerprint density at radius 3 is 2.55 bits per heavy atom. The van der Waals surface area contributed by atoms with E-state index in [1.807, 2.05) is 49.5 Å². The van der Waals surface area contributed by atoms with Crippen LogP contribution in [0.2, 0.25) is 0 Å².